The predicted octanol–water partition coefficient (Wildman–Crippen LogP) is 2.25. The molecule has 26 heavy (non-hydrogen) atoms. The summed E-state index contributed by atoms with van der Waals surface area (Å²) in [5.74, 6) is -0.0150. The Bertz CT molecular complexity index is 864. The molecule has 0 aliphatic carbocycles. The van der Waals surface area contributed by atoms with E-state index in [1.807, 2.05) is 0 Å². The van der Waals surface area contributed by atoms with Gasteiger partial charge in [0.25, 0.3) is 5.91 Å². The molecule has 1 N–H and O–H groups in total. The molecule has 10 heteroatoms. The van der Waals surface area contributed by atoms with Crippen LogP contribution in [0.5, 0.6) is 11.5 Å². The van der Waals surface area contributed by atoms with Gasteiger partial charge in [-0.25, -0.2) is 4.79 Å². The number of carbonyl (C=O) groups is 2. The fourth-order valence-electron chi connectivity index (χ4n) is 2.19. The van der Waals surface area contributed by atoms with Gasteiger partial charge < -0.3 is 19.5 Å². The third-order valence-corrected chi connectivity index (χ3v) is 4.55. The number of nitrogens with one attached hydrogen (secondary N) is 1. The van der Waals surface area contributed by atoms with Gasteiger partial charge in [0.1, 0.15) is 4.88 Å². The lowest BCUT2D eigenvalue weighted by atomic mass is 10.2. The van der Waals surface area contributed by atoms with Gasteiger partial charge in [0.2, 0.25) is 6.79 Å². The van der Waals surface area contributed by atoms with E-state index in [1.165, 1.54) is 19.1 Å². The van der Waals surface area contributed by atoms with Crippen molar-refractivity contribution in [3.8, 4) is 11.5 Å². The van der Waals surface area contributed by atoms with E-state index in [-0.39, 0.29) is 23.2 Å². The Morgan fingerprint density at radius 2 is 2.08 bits per heavy atom. The summed E-state index contributed by atoms with van der Waals surface area (Å²) in [6.45, 7) is 1.82. The lowest BCUT2D eigenvalue weighted by Gasteiger charge is -2.13. The molecular formula is C16H14N2O7S. The summed E-state index contributed by atoms with van der Waals surface area (Å²) in [6.07, 6.45) is -1.04. The normalized spacial score (nSPS) is 13.1. The third-order valence-electron chi connectivity index (χ3n) is 3.53. The maximum atomic E-state index is 12.1. The van der Waals surface area contributed by atoms with E-state index in [0.717, 1.165) is 5.56 Å². The van der Waals surface area contributed by atoms with Crippen molar-refractivity contribution in [2.45, 2.75) is 19.6 Å². The van der Waals surface area contributed by atoms with Gasteiger partial charge in [0, 0.05) is 12.6 Å². The lowest BCUT2D eigenvalue weighted by Crippen LogP contribution is -2.35. The highest BCUT2D eigenvalue weighted by molar-refractivity contribution is 7.17. The molecule has 0 fully saturated rings. The monoisotopic (exact) mass is 378 g/mol. The summed E-state index contributed by atoms with van der Waals surface area (Å²) in [7, 11) is 0. The van der Waals surface area contributed by atoms with Crippen LogP contribution in [0.3, 0.4) is 0 Å². The van der Waals surface area contributed by atoms with Crippen molar-refractivity contribution >= 4 is 28.2 Å². The second-order valence-corrected chi connectivity index (χ2v) is 6.41. The van der Waals surface area contributed by atoms with Crippen molar-refractivity contribution < 1.29 is 28.7 Å². The van der Waals surface area contributed by atoms with E-state index in [0.29, 0.717) is 22.8 Å². The quantitative estimate of drug-likeness (QED) is 0.465. The van der Waals surface area contributed by atoms with Crippen LogP contribution in [0, 0.1) is 10.1 Å². The maximum absolute atomic E-state index is 12.1. The fraction of sp³-hybridized carbons (Fsp3) is 0.250. The topological polar surface area (TPSA) is 117 Å². The van der Waals surface area contributed by atoms with Crippen molar-refractivity contribution in [3.05, 3.63) is 50.9 Å². The Hall–Kier alpha value is -3.14. The van der Waals surface area contributed by atoms with E-state index >= 15 is 0 Å². The molecule has 1 atom stereocenters. The Morgan fingerprint density at radius 3 is 2.81 bits per heavy atom. The molecule has 2 aromatic rings. The van der Waals surface area contributed by atoms with E-state index < -0.39 is 22.9 Å². The Kier molecular flexibility index (Phi) is 5.03. The zero-order valence-corrected chi connectivity index (χ0v) is 14.4. The number of hydrogen-bond donors (Lipinski definition) is 1. The molecule has 136 valence electrons. The van der Waals surface area contributed by atoms with Gasteiger partial charge in [-0.1, -0.05) is 17.4 Å². The van der Waals surface area contributed by atoms with Crippen LogP contribution in [0.4, 0.5) is 5.00 Å². The first kappa shape index (κ1) is 17.7. The van der Waals surface area contributed by atoms with Crippen LogP contribution < -0.4 is 14.8 Å². The van der Waals surface area contributed by atoms with Crippen molar-refractivity contribution in [3.63, 3.8) is 0 Å². The van der Waals surface area contributed by atoms with Gasteiger partial charge in [-0.2, -0.15) is 0 Å². The number of benzene rings is 1. The molecule has 1 aliphatic heterocycles. The number of amides is 1. The second kappa shape index (κ2) is 7.40. The molecule has 1 aromatic heterocycles. The van der Waals surface area contributed by atoms with Gasteiger partial charge in [0.15, 0.2) is 17.6 Å². The van der Waals surface area contributed by atoms with Gasteiger partial charge in [0.05, 0.1) is 4.92 Å². The van der Waals surface area contributed by atoms with Crippen LogP contribution in [0.25, 0.3) is 0 Å². The van der Waals surface area contributed by atoms with Crippen LogP contribution in [-0.2, 0) is 16.1 Å². The van der Waals surface area contributed by atoms with Crippen LogP contribution >= 0.6 is 11.3 Å². The summed E-state index contributed by atoms with van der Waals surface area (Å²) in [6, 6.07) is 7.80. The van der Waals surface area contributed by atoms with Crippen LogP contribution in [0.2, 0.25) is 0 Å². The zero-order valence-electron chi connectivity index (χ0n) is 13.6. The standard InChI is InChI=1S/C16H14N2O7S/c1-9(25-16(20)13-4-5-14(26-13)18(21)22)15(19)17-7-10-2-3-11-12(6-10)24-8-23-11/h2-6,9H,7-8H2,1H3,(H,17,19). The van der Waals surface area contributed by atoms with E-state index in [2.05, 4.69) is 5.32 Å². The molecule has 1 unspecified atom stereocenters. The smallest absolute Gasteiger partial charge is 0.349 e. The molecule has 0 saturated heterocycles. The van der Waals surface area contributed by atoms with Crippen molar-refractivity contribution in [2.24, 2.45) is 0 Å². The Balaban J connectivity index is 1.52. The summed E-state index contributed by atoms with van der Waals surface area (Å²) in [5, 5.41) is 13.1. The minimum Gasteiger partial charge on any atom is -0.454 e. The molecule has 1 aromatic carbocycles. The molecule has 0 spiro atoms. The van der Waals surface area contributed by atoms with Crippen LogP contribution in [-0.4, -0.2) is 29.7 Å². The summed E-state index contributed by atoms with van der Waals surface area (Å²) in [5.41, 5.74) is 0.801. The van der Waals surface area contributed by atoms with Crippen molar-refractivity contribution in [2.75, 3.05) is 6.79 Å². The van der Waals surface area contributed by atoms with Crippen LogP contribution in [0.15, 0.2) is 30.3 Å². The second-order valence-electron chi connectivity index (χ2n) is 5.35. The minimum atomic E-state index is -1.04. The first-order chi connectivity index (χ1) is 12.4. The number of nitro groups is 1. The fourth-order valence-corrected chi connectivity index (χ4v) is 2.89. The van der Waals surface area contributed by atoms with Crippen molar-refractivity contribution in [1.29, 1.82) is 0 Å². The van der Waals surface area contributed by atoms with E-state index in [4.69, 9.17) is 14.2 Å². The molecule has 0 radical (unpaired) electrons. The number of rotatable bonds is 6. The number of fused-ring (bicyclic) bond motifs is 1. The van der Waals surface area contributed by atoms with Gasteiger partial charge in [-0.05, 0) is 30.7 Å². The number of hydrogen-bond acceptors (Lipinski definition) is 8. The minimum absolute atomic E-state index is 0.0621. The highest BCUT2D eigenvalue weighted by Gasteiger charge is 2.22. The average Bonchev–Trinajstić information content (AvgIpc) is 3.28. The predicted molar refractivity (Wildman–Crippen MR) is 90.3 cm³/mol. The highest BCUT2D eigenvalue weighted by Crippen LogP contribution is 2.32. The van der Waals surface area contributed by atoms with E-state index in [9.17, 15) is 19.7 Å². The SMILES string of the molecule is CC(OC(=O)c1ccc([N+](=O)[O-])s1)C(=O)NCc1ccc2c(c1)OCO2. The summed E-state index contributed by atoms with van der Waals surface area (Å²) < 4.78 is 15.5. The van der Waals surface area contributed by atoms with E-state index in [1.54, 1.807) is 18.2 Å². The van der Waals surface area contributed by atoms with Gasteiger partial charge >= 0.3 is 11.0 Å². The molecule has 0 bridgehead atoms. The number of carbonyl (C=O) groups excluding carboxylic acids is 2. The zero-order chi connectivity index (χ0) is 18.7. The number of nitrogens with zero attached hydrogens (tertiary/aromatic N) is 1. The molecule has 1 amide bonds. The molecule has 9 nitrogen and oxygen atoms in total. The number of thiophene rings is 1. The molecular weight excluding hydrogens is 364 g/mol. The largest absolute Gasteiger partial charge is 0.454 e. The third kappa shape index (κ3) is 3.91. The average molecular weight is 378 g/mol. The summed E-state index contributed by atoms with van der Waals surface area (Å²) in [4.78, 5) is 34.1. The molecule has 3 rings (SSSR count). The summed E-state index contributed by atoms with van der Waals surface area (Å²) >= 11 is 0.693. The first-order valence-corrected chi connectivity index (χ1v) is 8.37. The lowest BCUT2D eigenvalue weighted by molar-refractivity contribution is -0.380. The maximum Gasteiger partial charge on any atom is 0.349 e. The van der Waals surface area contributed by atoms with Crippen LogP contribution in [0.1, 0.15) is 22.2 Å². The number of esters is 1. The molecule has 0 saturated carbocycles. The number of ether oxygens (including phenoxy) is 3. The Labute approximate surface area is 151 Å². The van der Waals surface area contributed by atoms with Crippen molar-refractivity contribution in [1.82, 2.24) is 5.32 Å². The highest BCUT2D eigenvalue weighted by atomic mass is 32.1. The first-order valence-electron chi connectivity index (χ1n) is 7.55. The Morgan fingerprint density at radius 1 is 1.31 bits per heavy atom. The van der Waals surface area contributed by atoms with Gasteiger partial charge in [-0.15, -0.1) is 0 Å². The van der Waals surface area contributed by atoms with Gasteiger partial charge in [-0.3, -0.25) is 14.9 Å². The molecule has 1 aliphatic rings. The molecule has 2 heterocycles.